The molecular formula is C15H6F2N4OS. The number of fused-ring (bicyclic) bond motifs is 1. The number of benzene rings is 1. The fourth-order valence-corrected chi connectivity index (χ4v) is 3.06. The number of nitriles is 1. The first-order chi connectivity index (χ1) is 11.2. The molecule has 3 aromatic heterocycles. The lowest BCUT2D eigenvalue weighted by molar-refractivity contribution is 0.509. The van der Waals surface area contributed by atoms with Gasteiger partial charge < -0.3 is 4.42 Å². The summed E-state index contributed by atoms with van der Waals surface area (Å²) in [6.45, 7) is 0. The van der Waals surface area contributed by atoms with Crippen LogP contribution in [0, 0.1) is 23.0 Å². The van der Waals surface area contributed by atoms with Gasteiger partial charge in [-0.25, -0.2) is 13.8 Å². The number of furan rings is 1. The van der Waals surface area contributed by atoms with Crippen molar-refractivity contribution in [2.75, 3.05) is 0 Å². The second-order valence-electron chi connectivity index (χ2n) is 4.63. The first-order valence-electron chi connectivity index (χ1n) is 6.46. The smallest absolute Gasteiger partial charge is 0.214 e. The first kappa shape index (κ1) is 13.6. The van der Waals surface area contributed by atoms with E-state index in [1.54, 1.807) is 12.1 Å². The molecule has 0 spiro atoms. The highest BCUT2D eigenvalue weighted by Gasteiger charge is 2.20. The summed E-state index contributed by atoms with van der Waals surface area (Å²) in [5, 5.41) is 14.3. The molecule has 0 saturated heterocycles. The molecule has 4 aromatic rings. The molecule has 112 valence electrons. The van der Waals surface area contributed by atoms with Gasteiger partial charge in [0.2, 0.25) is 4.96 Å². The average Bonchev–Trinajstić information content (AvgIpc) is 3.23. The summed E-state index contributed by atoms with van der Waals surface area (Å²) in [6.07, 6.45) is 1.53. The summed E-state index contributed by atoms with van der Waals surface area (Å²) in [5.74, 6) is -1.38. The highest BCUT2D eigenvalue weighted by Crippen LogP contribution is 2.31. The summed E-state index contributed by atoms with van der Waals surface area (Å²) >= 11 is 1.24. The van der Waals surface area contributed by atoms with Crippen LogP contribution in [0.3, 0.4) is 0 Å². The van der Waals surface area contributed by atoms with Gasteiger partial charge in [0.1, 0.15) is 11.8 Å². The van der Waals surface area contributed by atoms with Gasteiger partial charge in [0.25, 0.3) is 0 Å². The Kier molecular flexibility index (Phi) is 2.96. The van der Waals surface area contributed by atoms with Crippen molar-refractivity contribution in [3.8, 4) is 28.1 Å². The van der Waals surface area contributed by atoms with Crippen molar-refractivity contribution in [3.63, 3.8) is 0 Å². The Labute approximate surface area is 132 Å². The molecule has 3 heterocycles. The quantitative estimate of drug-likeness (QED) is 0.560. The standard InChI is InChI=1S/C15H6F2N4OS/c16-9-4-3-8(6-10(9)17)13-11(7-18)21-15(19-13)23-14(20-21)12-2-1-5-22-12/h1-6H. The number of aromatic nitrogens is 3. The van der Waals surface area contributed by atoms with Gasteiger partial charge in [0.05, 0.1) is 6.26 Å². The molecule has 0 radical (unpaired) electrons. The SMILES string of the molecule is N#Cc1c(-c2ccc(F)c(F)c2)nc2sc(-c3ccco3)nn12. The molecule has 1 aromatic carbocycles. The molecule has 0 bridgehead atoms. The van der Waals surface area contributed by atoms with Crippen LogP contribution < -0.4 is 0 Å². The summed E-state index contributed by atoms with van der Waals surface area (Å²) in [5.41, 5.74) is 0.730. The van der Waals surface area contributed by atoms with Crippen LogP contribution in [0.1, 0.15) is 5.69 Å². The minimum atomic E-state index is -0.994. The number of hydrogen-bond donors (Lipinski definition) is 0. The van der Waals surface area contributed by atoms with Crippen molar-refractivity contribution in [1.29, 1.82) is 5.26 Å². The van der Waals surface area contributed by atoms with Crippen LogP contribution >= 0.6 is 11.3 Å². The molecule has 0 N–H and O–H groups in total. The lowest BCUT2D eigenvalue weighted by atomic mass is 10.1. The third kappa shape index (κ3) is 2.10. The second kappa shape index (κ2) is 5.00. The van der Waals surface area contributed by atoms with Crippen LogP contribution in [0.5, 0.6) is 0 Å². The van der Waals surface area contributed by atoms with Crippen molar-refractivity contribution >= 4 is 16.3 Å². The first-order valence-corrected chi connectivity index (χ1v) is 7.28. The van der Waals surface area contributed by atoms with E-state index in [1.807, 2.05) is 6.07 Å². The van der Waals surface area contributed by atoms with E-state index in [0.717, 1.165) is 12.1 Å². The Balaban J connectivity index is 1.90. The number of nitrogens with zero attached hydrogens (tertiary/aromatic N) is 4. The van der Waals surface area contributed by atoms with E-state index in [4.69, 9.17) is 4.42 Å². The fraction of sp³-hybridized carbons (Fsp3) is 0. The second-order valence-corrected chi connectivity index (χ2v) is 5.58. The van der Waals surface area contributed by atoms with Gasteiger partial charge in [-0.1, -0.05) is 11.3 Å². The minimum absolute atomic E-state index is 0.153. The van der Waals surface area contributed by atoms with Gasteiger partial charge in [-0.05, 0) is 30.3 Å². The Morgan fingerprint density at radius 2 is 2.09 bits per heavy atom. The van der Waals surface area contributed by atoms with Crippen LogP contribution in [0.4, 0.5) is 8.78 Å². The zero-order valence-electron chi connectivity index (χ0n) is 11.3. The monoisotopic (exact) mass is 328 g/mol. The molecule has 0 amide bonds. The topological polar surface area (TPSA) is 67.1 Å². The van der Waals surface area contributed by atoms with Crippen LogP contribution in [0.2, 0.25) is 0 Å². The summed E-state index contributed by atoms with van der Waals surface area (Å²) in [4.78, 5) is 4.79. The largest absolute Gasteiger partial charge is 0.462 e. The van der Waals surface area contributed by atoms with E-state index in [0.29, 0.717) is 21.3 Å². The van der Waals surface area contributed by atoms with E-state index in [9.17, 15) is 14.0 Å². The van der Waals surface area contributed by atoms with Gasteiger partial charge in [-0.2, -0.15) is 9.78 Å². The van der Waals surface area contributed by atoms with Gasteiger partial charge in [0.15, 0.2) is 28.1 Å². The third-order valence-electron chi connectivity index (χ3n) is 3.23. The number of halogens is 2. The summed E-state index contributed by atoms with van der Waals surface area (Å²) in [6, 6.07) is 8.88. The van der Waals surface area contributed by atoms with Crippen molar-refractivity contribution < 1.29 is 13.2 Å². The van der Waals surface area contributed by atoms with Gasteiger partial charge in [0, 0.05) is 5.56 Å². The van der Waals surface area contributed by atoms with E-state index in [2.05, 4.69) is 10.1 Å². The van der Waals surface area contributed by atoms with Crippen LogP contribution in [-0.2, 0) is 0 Å². The number of imidazole rings is 1. The predicted octanol–water partition coefficient (Wildman–Crippen LogP) is 3.87. The highest BCUT2D eigenvalue weighted by molar-refractivity contribution is 7.19. The lowest BCUT2D eigenvalue weighted by Gasteiger charge is -1.99. The zero-order chi connectivity index (χ0) is 16.0. The number of hydrogen-bond acceptors (Lipinski definition) is 5. The molecule has 0 aliphatic rings. The Bertz CT molecular complexity index is 1060. The van der Waals surface area contributed by atoms with Gasteiger partial charge in [-0.3, -0.25) is 0 Å². The Morgan fingerprint density at radius 3 is 2.78 bits per heavy atom. The minimum Gasteiger partial charge on any atom is -0.462 e. The zero-order valence-corrected chi connectivity index (χ0v) is 12.1. The normalized spacial score (nSPS) is 11.0. The maximum Gasteiger partial charge on any atom is 0.214 e. The van der Waals surface area contributed by atoms with Crippen LogP contribution in [-0.4, -0.2) is 14.6 Å². The summed E-state index contributed by atoms with van der Waals surface area (Å²) < 4.78 is 33.1. The van der Waals surface area contributed by atoms with Crippen molar-refractivity contribution in [1.82, 2.24) is 14.6 Å². The van der Waals surface area contributed by atoms with Gasteiger partial charge >= 0.3 is 0 Å². The fourth-order valence-electron chi connectivity index (χ4n) is 2.19. The van der Waals surface area contributed by atoms with Crippen molar-refractivity contribution in [2.24, 2.45) is 0 Å². The maximum absolute atomic E-state index is 13.4. The molecule has 0 aliphatic heterocycles. The molecule has 0 atom stereocenters. The van der Waals surface area contributed by atoms with Crippen molar-refractivity contribution in [2.45, 2.75) is 0 Å². The van der Waals surface area contributed by atoms with Crippen LogP contribution in [0.15, 0.2) is 41.0 Å². The predicted molar refractivity (Wildman–Crippen MR) is 78.6 cm³/mol. The van der Waals surface area contributed by atoms with E-state index < -0.39 is 11.6 Å². The molecule has 0 fully saturated rings. The molecule has 8 heteroatoms. The maximum atomic E-state index is 13.4. The molecule has 4 rings (SSSR count). The Hall–Kier alpha value is -3.05. The molecular weight excluding hydrogens is 322 g/mol. The summed E-state index contributed by atoms with van der Waals surface area (Å²) in [7, 11) is 0. The van der Waals surface area contributed by atoms with E-state index in [-0.39, 0.29) is 11.4 Å². The average molecular weight is 328 g/mol. The van der Waals surface area contributed by atoms with Gasteiger partial charge in [-0.15, -0.1) is 5.10 Å². The molecule has 5 nitrogen and oxygen atoms in total. The number of rotatable bonds is 2. The molecule has 0 saturated carbocycles. The van der Waals surface area contributed by atoms with Crippen LogP contribution in [0.25, 0.3) is 27.0 Å². The lowest BCUT2D eigenvalue weighted by Crippen LogP contribution is -1.92. The third-order valence-corrected chi connectivity index (χ3v) is 4.16. The molecule has 0 aliphatic carbocycles. The van der Waals surface area contributed by atoms with E-state index in [1.165, 1.54) is 28.2 Å². The van der Waals surface area contributed by atoms with E-state index >= 15 is 0 Å². The molecule has 23 heavy (non-hydrogen) atoms. The molecule has 0 unspecified atom stereocenters. The highest BCUT2D eigenvalue weighted by atomic mass is 32.1. The Morgan fingerprint density at radius 1 is 1.22 bits per heavy atom. The van der Waals surface area contributed by atoms with Crippen molar-refractivity contribution in [3.05, 3.63) is 53.9 Å².